The monoisotopic (exact) mass is 1640 g/mol. The second-order valence-corrected chi connectivity index (χ2v) is 118. The molecule has 3 aliphatic carbocycles. The molecule has 3 saturated carbocycles. The molecule has 0 aromatic heterocycles. The van der Waals surface area contributed by atoms with E-state index >= 15 is 0 Å². The fourth-order valence-corrected chi connectivity index (χ4v) is 108. The minimum Gasteiger partial charge on any atom is -0.0786 e. The first kappa shape index (κ1) is 82.7. The predicted molar refractivity (Wildman–Crippen MR) is 469 cm³/mol. The lowest BCUT2D eigenvalue weighted by atomic mass is 9.60. The molecule has 0 heterocycles. The van der Waals surface area contributed by atoms with Crippen LogP contribution >= 0.6 is 47.8 Å². The van der Waals surface area contributed by atoms with Crippen LogP contribution in [0.5, 0.6) is 0 Å². The van der Waals surface area contributed by atoms with E-state index in [2.05, 4.69) is 334 Å². The highest BCUT2D eigenvalue weighted by molar-refractivity contribution is 9.12. The molecule has 92 heavy (non-hydrogen) atoms. The molecule has 0 saturated heterocycles. The summed E-state index contributed by atoms with van der Waals surface area (Å²) >= 11 is 16.7. The molecule has 0 aliphatic heterocycles. The first-order chi connectivity index (χ1) is 39.8. The summed E-state index contributed by atoms with van der Waals surface area (Å²) in [6.45, 7) is 123. The molecule has 3 aliphatic rings. The molecule has 3 aromatic carbocycles. The zero-order valence-electron chi connectivity index (χ0n) is 69.1. The summed E-state index contributed by atoms with van der Waals surface area (Å²) < 4.78 is -0.935. The minimum atomic E-state index is -1.93. The molecule has 3 fully saturated rings. The summed E-state index contributed by atoms with van der Waals surface area (Å²) in [4.78, 5) is 0. The van der Waals surface area contributed by atoms with Crippen LogP contribution in [0, 0.1) is 10.8 Å². The van der Waals surface area contributed by atoms with Gasteiger partial charge in [-0.3, -0.25) is 0 Å². The highest BCUT2D eigenvalue weighted by Crippen LogP contribution is 3.31. The van der Waals surface area contributed by atoms with Crippen molar-refractivity contribution in [3.8, 4) is 0 Å². The second kappa shape index (κ2) is 23.6. The molecule has 0 nitrogen and oxygen atoms in total. The Kier molecular flexibility index (Phi) is 21.2. The molecule has 0 N–H and O–H groups in total. The summed E-state index contributed by atoms with van der Waals surface area (Å²) in [6.07, 6.45) is 0. The Bertz CT molecular complexity index is 2700. The zero-order chi connectivity index (χ0) is 72.6. The van der Waals surface area contributed by atoms with Gasteiger partial charge in [0.25, 0.3) is 0 Å². The van der Waals surface area contributed by atoms with Crippen molar-refractivity contribution in [1.82, 2.24) is 0 Å². The van der Waals surface area contributed by atoms with E-state index in [0.29, 0.717) is 31.0 Å². The molecule has 0 unspecified atom stereocenters. The third kappa shape index (κ3) is 13.2. The molecular formula is C77H147Br3Si12. The number of halogens is 3. The molecule has 15 heteroatoms. The largest absolute Gasteiger partial charge is 0.0786 e. The van der Waals surface area contributed by atoms with Gasteiger partial charge >= 0.3 is 0 Å². The van der Waals surface area contributed by atoms with E-state index in [-0.39, 0.29) is 40.0 Å². The van der Waals surface area contributed by atoms with E-state index < -0.39 is 96.9 Å². The first-order valence-corrected chi connectivity index (χ1v) is 81.8. The quantitative estimate of drug-likeness (QED) is 0.0737. The van der Waals surface area contributed by atoms with Crippen LogP contribution in [0.25, 0.3) is 0 Å². The lowest BCUT2D eigenvalue weighted by molar-refractivity contribution is 0.228. The Balaban J connectivity index is 2.19. The van der Waals surface area contributed by atoms with Crippen molar-refractivity contribution in [2.75, 3.05) is 0 Å². The van der Waals surface area contributed by atoms with Crippen LogP contribution in [0.4, 0.5) is 0 Å². The van der Waals surface area contributed by atoms with Crippen molar-refractivity contribution in [2.24, 2.45) is 10.8 Å². The predicted octanol–water partition coefficient (Wildman–Crippen LogP) is 27.8. The van der Waals surface area contributed by atoms with Crippen molar-refractivity contribution < 1.29 is 0 Å². The van der Waals surface area contributed by atoms with Gasteiger partial charge in [-0.05, 0) is 114 Å². The fraction of sp³-hybridized carbons (Fsp3) is 0.766. The van der Waals surface area contributed by atoms with Crippen molar-refractivity contribution >= 4 is 145 Å². The molecule has 524 valence electrons. The summed E-state index contributed by atoms with van der Waals surface area (Å²) in [5.41, 5.74) is 20.2. The summed E-state index contributed by atoms with van der Waals surface area (Å²) in [5, 5.41) is 3.41. The van der Waals surface area contributed by atoms with Gasteiger partial charge in [0.2, 0.25) is 0 Å². The molecule has 0 bridgehead atoms. The van der Waals surface area contributed by atoms with Crippen LogP contribution in [-0.2, 0) is 29.2 Å². The molecule has 0 radical (unpaired) electrons. The average molecular weight is 1650 g/mol. The van der Waals surface area contributed by atoms with E-state index in [1.165, 1.54) is 0 Å². The summed E-state index contributed by atoms with van der Waals surface area (Å²) in [5.74, 6) is 0. The zero-order valence-corrected chi connectivity index (χ0v) is 85.8. The van der Waals surface area contributed by atoms with Gasteiger partial charge in [-0.1, -0.05) is 382 Å². The number of alkyl halides is 3. The standard InChI is InChI=1S/C77H147Br3Si12/c1-70(2,3)52-46-55(64(81(10,11)12)82(13,14)15)61(56(47-52)65(83(16,17)18)84(19,20)21)73(78)76-74(79,62-57(66(85(22,23)24)86(25,26)27)48-53(71(4,5)6)49-58(62)67(87(28,29)30)88(31,32)33)77(73,76)75(76,80)63-59(68(89(34,35)36)90(37,38)39)50-54(72(7,8)9)51-60(63)69(91(40,41)42)92(43,44)45/h46-51,64-69H,1-45H3. The van der Waals surface area contributed by atoms with Crippen LogP contribution in [0.2, 0.25) is 236 Å². The van der Waals surface area contributed by atoms with Gasteiger partial charge in [0.05, 0.1) is 13.0 Å². The van der Waals surface area contributed by atoms with E-state index in [1.807, 2.05) is 0 Å². The van der Waals surface area contributed by atoms with Crippen LogP contribution < -0.4 is 0 Å². The average Bonchev–Trinajstić information content (AvgIpc) is 1.29. The van der Waals surface area contributed by atoms with Gasteiger partial charge in [-0.2, -0.15) is 0 Å². The van der Waals surface area contributed by atoms with E-state index in [4.69, 9.17) is 47.8 Å². The van der Waals surface area contributed by atoms with Gasteiger partial charge in [0, 0.05) is 108 Å². The van der Waals surface area contributed by atoms with Crippen LogP contribution in [0.3, 0.4) is 0 Å². The Morgan fingerprint density at radius 1 is 0.217 bits per heavy atom. The fourth-order valence-electron chi connectivity index (χ4n) is 23.2. The lowest BCUT2D eigenvalue weighted by Gasteiger charge is -2.60. The van der Waals surface area contributed by atoms with Gasteiger partial charge in [0.15, 0.2) is 0 Å². The maximum atomic E-state index is 5.56. The number of hydrogen-bond acceptors (Lipinski definition) is 0. The van der Waals surface area contributed by atoms with Gasteiger partial charge in [-0.25, -0.2) is 0 Å². The molecule has 0 amide bonds. The Morgan fingerprint density at radius 3 is 0.391 bits per heavy atom. The van der Waals surface area contributed by atoms with Crippen LogP contribution in [-0.4, -0.2) is 96.9 Å². The normalized spacial score (nSPS) is 24.5. The Hall–Kier alpha value is 1.70. The summed E-state index contributed by atoms with van der Waals surface area (Å²) in [6, 6.07) is 17.5. The van der Waals surface area contributed by atoms with Gasteiger partial charge < -0.3 is 0 Å². The molecular weight excluding hydrogens is 1500 g/mol. The molecule has 6 rings (SSSR count). The number of rotatable bonds is 21. The highest BCUT2D eigenvalue weighted by Gasteiger charge is 3.34. The minimum absolute atomic E-state index is 0.00724. The third-order valence-electron chi connectivity index (χ3n) is 23.0. The van der Waals surface area contributed by atoms with Crippen molar-refractivity contribution in [1.29, 1.82) is 0 Å². The van der Waals surface area contributed by atoms with E-state index in [9.17, 15) is 0 Å². The van der Waals surface area contributed by atoms with Gasteiger partial charge in [-0.15, -0.1) is 0 Å². The highest BCUT2D eigenvalue weighted by atomic mass is 79.9. The maximum absolute atomic E-state index is 5.56. The van der Waals surface area contributed by atoms with E-state index in [1.54, 1.807) is 66.8 Å². The molecule has 0 spiro atoms. The maximum Gasteiger partial charge on any atom is 0.0705 e. The van der Waals surface area contributed by atoms with Crippen molar-refractivity contribution in [2.45, 2.75) is 358 Å². The SMILES string of the molecule is CC(C)(C)c1cc(C([Si](C)(C)C)[Si](C)(C)C)c(C2(Br)C34C(Br)(c5c(C([Si](C)(C)C)[Si](C)(C)C)cc(C(C)(C)C)cc5C([Si](C)(C)C)[Si](C)(C)C)C23C4(Br)c2c(C([Si](C)(C)C)[Si](C)(C)C)cc(C(C)(C)C)cc2C([Si](C)(C)C)[Si](C)(C)C)c(C([Si](C)(C)C)[Si](C)(C)C)c1. The molecule has 3 aromatic rings. The number of benzene rings is 3. The van der Waals surface area contributed by atoms with Crippen molar-refractivity contribution in [3.63, 3.8) is 0 Å². The van der Waals surface area contributed by atoms with Gasteiger partial charge in [0.1, 0.15) is 0 Å². The topological polar surface area (TPSA) is 0 Å². The lowest BCUT2D eigenvalue weighted by Crippen LogP contribution is -2.60. The summed E-state index contributed by atoms with van der Waals surface area (Å²) in [7, 11) is -23.2. The van der Waals surface area contributed by atoms with Crippen molar-refractivity contribution in [3.05, 3.63) is 103 Å². The van der Waals surface area contributed by atoms with Crippen LogP contribution in [0.15, 0.2) is 36.4 Å². The first-order valence-electron chi connectivity index (χ1n) is 36.5. The Labute approximate surface area is 610 Å². The smallest absolute Gasteiger partial charge is 0.0705 e. The second-order valence-electron chi connectivity index (χ2n) is 47.3. The van der Waals surface area contributed by atoms with E-state index in [0.717, 1.165) is 0 Å². The Morgan fingerprint density at radius 2 is 0.315 bits per heavy atom. The van der Waals surface area contributed by atoms with Crippen LogP contribution in [0.1, 0.15) is 160 Å². The molecule has 0 atom stereocenters. The number of hydrogen-bond donors (Lipinski definition) is 0. The third-order valence-corrected chi connectivity index (χ3v) is 83.4.